The van der Waals surface area contributed by atoms with Gasteiger partial charge in [-0.3, -0.25) is 4.79 Å². The van der Waals surface area contributed by atoms with Gasteiger partial charge in [0.25, 0.3) is 0 Å². The van der Waals surface area contributed by atoms with Crippen molar-refractivity contribution in [3.8, 4) is 5.75 Å². The van der Waals surface area contributed by atoms with Crippen LogP contribution < -0.4 is 4.74 Å². The molecule has 19 heavy (non-hydrogen) atoms. The molecule has 0 saturated carbocycles. The SMILES string of the molecule is CC(=O)Oc1ccc(CO)c(C(=O)OC(C)(C)C)c1. The summed E-state index contributed by atoms with van der Waals surface area (Å²) in [7, 11) is 0. The van der Waals surface area contributed by atoms with Crippen molar-refractivity contribution >= 4 is 11.9 Å². The van der Waals surface area contributed by atoms with Gasteiger partial charge in [-0.2, -0.15) is 0 Å². The molecule has 1 rings (SSSR count). The van der Waals surface area contributed by atoms with E-state index < -0.39 is 17.5 Å². The highest BCUT2D eigenvalue weighted by Crippen LogP contribution is 2.21. The van der Waals surface area contributed by atoms with Gasteiger partial charge in [0, 0.05) is 6.92 Å². The maximum atomic E-state index is 12.0. The number of carbonyl (C=O) groups is 2. The molecule has 0 aromatic heterocycles. The largest absolute Gasteiger partial charge is 0.456 e. The van der Waals surface area contributed by atoms with Crippen LogP contribution in [-0.2, 0) is 16.1 Å². The van der Waals surface area contributed by atoms with Crippen LogP contribution in [0.5, 0.6) is 5.75 Å². The summed E-state index contributed by atoms with van der Waals surface area (Å²) in [6.45, 7) is 6.22. The van der Waals surface area contributed by atoms with E-state index in [4.69, 9.17) is 9.47 Å². The van der Waals surface area contributed by atoms with Crippen LogP contribution in [0, 0.1) is 0 Å². The second-order valence-corrected chi connectivity index (χ2v) is 5.07. The Balaban J connectivity index is 3.08. The molecule has 5 heteroatoms. The first-order valence-corrected chi connectivity index (χ1v) is 5.88. The van der Waals surface area contributed by atoms with Crippen molar-refractivity contribution < 1.29 is 24.2 Å². The Bertz CT molecular complexity index is 485. The Morgan fingerprint density at radius 2 is 1.89 bits per heavy atom. The summed E-state index contributed by atoms with van der Waals surface area (Å²) in [5, 5.41) is 9.22. The fourth-order valence-corrected chi connectivity index (χ4v) is 1.45. The smallest absolute Gasteiger partial charge is 0.339 e. The van der Waals surface area contributed by atoms with E-state index in [0.717, 1.165) is 0 Å². The van der Waals surface area contributed by atoms with Crippen molar-refractivity contribution in [3.05, 3.63) is 29.3 Å². The Hall–Kier alpha value is -1.88. The predicted octanol–water partition coefficient (Wildman–Crippen LogP) is 2.06. The minimum absolute atomic E-state index is 0.191. The molecule has 0 aliphatic heterocycles. The molecule has 0 spiro atoms. The molecule has 0 heterocycles. The van der Waals surface area contributed by atoms with Gasteiger partial charge in [0.2, 0.25) is 0 Å². The van der Waals surface area contributed by atoms with Crippen molar-refractivity contribution in [1.82, 2.24) is 0 Å². The molecule has 0 saturated heterocycles. The molecule has 0 unspecified atom stereocenters. The summed E-state index contributed by atoms with van der Waals surface area (Å²) >= 11 is 0. The molecule has 0 amide bonds. The number of esters is 2. The summed E-state index contributed by atoms with van der Waals surface area (Å²) in [6.07, 6.45) is 0. The average Bonchev–Trinajstić information content (AvgIpc) is 2.25. The molecule has 5 nitrogen and oxygen atoms in total. The van der Waals surface area contributed by atoms with Crippen molar-refractivity contribution in [2.24, 2.45) is 0 Å². The molecule has 0 aliphatic rings. The highest BCUT2D eigenvalue weighted by atomic mass is 16.6. The molecule has 1 aromatic carbocycles. The molecular formula is C14H18O5. The Morgan fingerprint density at radius 1 is 1.26 bits per heavy atom. The van der Waals surface area contributed by atoms with Crippen LogP contribution in [0.3, 0.4) is 0 Å². The molecule has 0 radical (unpaired) electrons. The van der Waals surface area contributed by atoms with E-state index in [0.29, 0.717) is 5.56 Å². The van der Waals surface area contributed by atoms with Crippen LogP contribution in [0.2, 0.25) is 0 Å². The third-order valence-corrected chi connectivity index (χ3v) is 2.13. The predicted molar refractivity (Wildman–Crippen MR) is 68.8 cm³/mol. The Kier molecular flexibility index (Phi) is 4.67. The van der Waals surface area contributed by atoms with E-state index >= 15 is 0 Å². The fourth-order valence-electron chi connectivity index (χ4n) is 1.45. The summed E-state index contributed by atoms with van der Waals surface area (Å²) in [4.78, 5) is 22.9. The van der Waals surface area contributed by atoms with Crippen molar-refractivity contribution in [2.75, 3.05) is 0 Å². The van der Waals surface area contributed by atoms with E-state index in [9.17, 15) is 14.7 Å². The summed E-state index contributed by atoms with van der Waals surface area (Å²) < 4.78 is 10.1. The summed E-state index contributed by atoms with van der Waals surface area (Å²) in [6, 6.07) is 4.43. The molecular weight excluding hydrogens is 248 g/mol. The van der Waals surface area contributed by atoms with E-state index in [-0.39, 0.29) is 17.9 Å². The number of rotatable bonds is 3. The molecule has 1 N–H and O–H groups in total. The van der Waals surface area contributed by atoms with Gasteiger partial charge in [0.05, 0.1) is 12.2 Å². The highest BCUT2D eigenvalue weighted by Gasteiger charge is 2.21. The van der Waals surface area contributed by atoms with Crippen molar-refractivity contribution in [2.45, 2.75) is 39.9 Å². The maximum Gasteiger partial charge on any atom is 0.339 e. The van der Waals surface area contributed by atoms with Crippen LogP contribution in [-0.4, -0.2) is 22.6 Å². The van der Waals surface area contributed by atoms with Gasteiger partial charge >= 0.3 is 11.9 Å². The lowest BCUT2D eigenvalue weighted by atomic mass is 10.1. The van der Waals surface area contributed by atoms with Crippen LogP contribution in [0.1, 0.15) is 43.6 Å². The number of ether oxygens (including phenoxy) is 2. The van der Waals surface area contributed by atoms with Gasteiger partial charge < -0.3 is 14.6 Å². The van der Waals surface area contributed by atoms with Gasteiger partial charge in [-0.15, -0.1) is 0 Å². The van der Waals surface area contributed by atoms with E-state index in [1.165, 1.54) is 25.1 Å². The minimum Gasteiger partial charge on any atom is -0.456 e. The number of hydrogen-bond acceptors (Lipinski definition) is 5. The molecule has 0 bridgehead atoms. The Labute approximate surface area is 112 Å². The van der Waals surface area contributed by atoms with Gasteiger partial charge in [0.15, 0.2) is 0 Å². The first kappa shape index (κ1) is 15.2. The topological polar surface area (TPSA) is 72.8 Å². The zero-order valence-corrected chi connectivity index (χ0v) is 11.5. The number of benzene rings is 1. The third-order valence-electron chi connectivity index (χ3n) is 2.13. The Morgan fingerprint density at radius 3 is 2.37 bits per heavy atom. The fraction of sp³-hybridized carbons (Fsp3) is 0.429. The molecule has 0 atom stereocenters. The average molecular weight is 266 g/mol. The zero-order valence-electron chi connectivity index (χ0n) is 11.5. The van der Waals surface area contributed by atoms with E-state index in [2.05, 4.69) is 0 Å². The van der Waals surface area contributed by atoms with E-state index in [1.807, 2.05) is 0 Å². The van der Waals surface area contributed by atoms with Gasteiger partial charge in [0.1, 0.15) is 11.4 Å². The number of aliphatic hydroxyl groups is 1. The minimum atomic E-state index is -0.638. The van der Waals surface area contributed by atoms with Crippen molar-refractivity contribution in [3.63, 3.8) is 0 Å². The standard InChI is InChI=1S/C14H18O5/c1-9(16)18-11-6-5-10(8-15)12(7-11)13(17)19-14(2,3)4/h5-7,15H,8H2,1-4H3. The molecule has 0 fully saturated rings. The quantitative estimate of drug-likeness (QED) is 0.669. The number of hydrogen-bond donors (Lipinski definition) is 1. The maximum absolute atomic E-state index is 12.0. The second kappa shape index (κ2) is 5.84. The van der Waals surface area contributed by atoms with Gasteiger partial charge in [-0.1, -0.05) is 6.07 Å². The highest BCUT2D eigenvalue weighted by molar-refractivity contribution is 5.92. The molecule has 0 aliphatic carbocycles. The first-order valence-electron chi connectivity index (χ1n) is 5.88. The number of aliphatic hydroxyl groups excluding tert-OH is 1. The van der Waals surface area contributed by atoms with Gasteiger partial charge in [-0.05, 0) is 38.5 Å². The lowest BCUT2D eigenvalue weighted by Crippen LogP contribution is -2.24. The second-order valence-electron chi connectivity index (χ2n) is 5.07. The van der Waals surface area contributed by atoms with Gasteiger partial charge in [-0.25, -0.2) is 4.79 Å². The third kappa shape index (κ3) is 4.71. The van der Waals surface area contributed by atoms with Crippen molar-refractivity contribution in [1.29, 1.82) is 0 Å². The first-order chi connectivity index (χ1) is 8.73. The monoisotopic (exact) mass is 266 g/mol. The summed E-state index contributed by atoms with van der Waals surface area (Å²) in [5.41, 5.74) is -0.0253. The molecule has 104 valence electrons. The van der Waals surface area contributed by atoms with E-state index in [1.54, 1.807) is 20.8 Å². The lowest BCUT2D eigenvalue weighted by molar-refractivity contribution is -0.131. The van der Waals surface area contributed by atoms with Crippen LogP contribution >= 0.6 is 0 Å². The van der Waals surface area contributed by atoms with Crippen LogP contribution in [0.4, 0.5) is 0 Å². The number of carbonyl (C=O) groups excluding carboxylic acids is 2. The zero-order chi connectivity index (χ0) is 14.6. The normalized spacial score (nSPS) is 11.0. The summed E-state index contributed by atoms with van der Waals surface area (Å²) in [5.74, 6) is -0.803. The lowest BCUT2D eigenvalue weighted by Gasteiger charge is -2.20. The van der Waals surface area contributed by atoms with Crippen LogP contribution in [0.25, 0.3) is 0 Å². The van der Waals surface area contributed by atoms with Crippen LogP contribution in [0.15, 0.2) is 18.2 Å². The molecule has 1 aromatic rings.